The maximum absolute atomic E-state index is 13.2. The van der Waals surface area contributed by atoms with Gasteiger partial charge in [-0.25, -0.2) is 4.39 Å². The molecule has 158 valence electrons. The topological polar surface area (TPSA) is 50.7 Å². The van der Waals surface area contributed by atoms with Gasteiger partial charge in [0, 0.05) is 18.7 Å². The van der Waals surface area contributed by atoms with Gasteiger partial charge in [-0.3, -0.25) is 0 Å². The zero-order valence-corrected chi connectivity index (χ0v) is 17.9. The summed E-state index contributed by atoms with van der Waals surface area (Å²) in [6, 6.07) is 17.2. The van der Waals surface area contributed by atoms with E-state index < -0.39 is 11.9 Å². The van der Waals surface area contributed by atoms with Crippen molar-refractivity contribution in [3.8, 4) is 11.5 Å². The van der Waals surface area contributed by atoms with Crippen LogP contribution in [-0.4, -0.2) is 18.8 Å². The van der Waals surface area contributed by atoms with Crippen molar-refractivity contribution in [2.24, 2.45) is 0 Å². The maximum Gasteiger partial charge on any atom is 0.180 e. The molecule has 0 saturated heterocycles. The molecule has 3 aromatic carbocycles. The van der Waals surface area contributed by atoms with E-state index in [1.54, 1.807) is 12.1 Å². The van der Waals surface area contributed by atoms with Crippen LogP contribution >= 0.6 is 23.2 Å². The Hall–Kier alpha value is -2.31. The van der Waals surface area contributed by atoms with Crippen LogP contribution in [0.2, 0.25) is 10.0 Å². The van der Waals surface area contributed by atoms with E-state index in [0.717, 1.165) is 11.1 Å². The smallest absolute Gasteiger partial charge is 0.180 e. The van der Waals surface area contributed by atoms with Crippen LogP contribution in [0.1, 0.15) is 22.8 Å². The summed E-state index contributed by atoms with van der Waals surface area (Å²) in [5.74, 6) is 0.447. The number of ether oxygens (including phenoxy) is 2. The van der Waals surface area contributed by atoms with Crippen LogP contribution in [-0.2, 0) is 13.2 Å². The van der Waals surface area contributed by atoms with Crippen molar-refractivity contribution in [3.63, 3.8) is 0 Å². The van der Waals surface area contributed by atoms with Crippen molar-refractivity contribution >= 4 is 23.2 Å². The maximum atomic E-state index is 13.2. The average Bonchev–Trinajstić information content (AvgIpc) is 2.74. The molecule has 0 aromatic heterocycles. The van der Waals surface area contributed by atoms with E-state index in [0.29, 0.717) is 35.2 Å². The lowest BCUT2D eigenvalue weighted by Crippen LogP contribution is -2.21. The molecule has 0 fully saturated rings. The minimum absolute atomic E-state index is 0.121. The van der Waals surface area contributed by atoms with Gasteiger partial charge in [-0.1, -0.05) is 59.6 Å². The first kappa shape index (κ1) is 22.4. The highest BCUT2D eigenvalue weighted by molar-refractivity contribution is 6.32. The van der Waals surface area contributed by atoms with Crippen LogP contribution in [0.15, 0.2) is 60.7 Å². The number of aliphatic hydroxyl groups excluding tert-OH is 1. The second-order valence-corrected chi connectivity index (χ2v) is 7.51. The third-order valence-electron chi connectivity index (χ3n) is 4.53. The van der Waals surface area contributed by atoms with Crippen molar-refractivity contribution in [2.75, 3.05) is 13.7 Å². The Morgan fingerprint density at radius 2 is 1.80 bits per heavy atom. The predicted molar refractivity (Wildman–Crippen MR) is 117 cm³/mol. The molecule has 1 atom stereocenters. The van der Waals surface area contributed by atoms with Crippen molar-refractivity contribution < 1.29 is 19.0 Å². The highest BCUT2D eigenvalue weighted by atomic mass is 35.5. The van der Waals surface area contributed by atoms with E-state index in [9.17, 15) is 9.50 Å². The summed E-state index contributed by atoms with van der Waals surface area (Å²) < 4.78 is 24.4. The molecule has 7 heteroatoms. The molecule has 0 spiro atoms. The predicted octanol–water partition coefficient (Wildman–Crippen LogP) is 5.54. The number of nitrogens with one attached hydrogen (secondary N) is 1. The molecule has 30 heavy (non-hydrogen) atoms. The Bertz CT molecular complexity index is 986. The Balaban J connectivity index is 1.63. The van der Waals surface area contributed by atoms with E-state index in [2.05, 4.69) is 5.32 Å². The van der Waals surface area contributed by atoms with Crippen LogP contribution in [0.5, 0.6) is 11.5 Å². The summed E-state index contributed by atoms with van der Waals surface area (Å²) >= 11 is 12.5. The molecule has 3 rings (SSSR count). The van der Waals surface area contributed by atoms with Crippen molar-refractivity contribution in [1.29, 1.82) is 0 Å². The molecular formula is C23H22Cl2FNO3. The summed E-state index contributed by atoms with van der Waals surface area (Å²) in [5.41, 5.74) is 2.37. The van der Waals surface area contributed by atoms with Gasteiger partial charge in [0.1, 0.15) is 12.4 Å². The molecule has 0 bridgehead atoms. The monoisotopic (exact) mass is 449 g/mol. The minimum Gasteiger partial charge on any atom is -0.493 e. The second-order valence-electron chi connectivity index (χ2n) is 6.69. The third kappa shape index (κ3) is 5.86. The highest BCUT2D eigenvalue weighted by Crippen LogP contribution is 2.37. The van der Waals surface area contributed by atoms with Crippen LogP contribution in [0.3, 0.4) is 0 Å². The fraction of sp³-hybridized carbons (Fsp3) is 0.217. The molecule has 0 radical (unpaired) electrons. The number of rotatable bonds is 9. The quantitative estimate of drug-likeness (QED) is 0.449. The molecule has 0 aliphatic rings. The molecule has 0 heterocycles. The van der Waals surface area contributed by atoms with E-state index in [1.165, 1.54) is 19.2 Å². The van der Waals surface area contributed by atoms with Crippen LogP contribution in [0.4, 0.5) is 4.39 Å². The lowest BCUT2D eigenvalue weighted by Gasteiger charge is -2.16. The molecule has 3 aromatic rings. The Morgan fingerprint density at radius 1 is 1.03 bits per heavy atom. The van der Waals surface area contributed by atoms with E-state index in [1.807, 2.05) is 36.4 Å². The first-order valence-corrected chi connectivity index (χ1v) is 10.1. The third-order valence-corrected chi connectivity index (χ3v) is 5.16. The Labute approximate surface area is 185 Å². The molecule has 1 unspecified atom stereocenters. The first-order valence-electron chi connectivity index (χ1n) is 9.34. The largest absolute Gasteiger partial charge is 0.493 e. The molecule has 0 aliphatic carbocycles. The zero-order valence-electron chi connectivity index (χ0n) is 16.4. The van der Waals surface area contributed by atoms with Gasteiger partial charge in [0.2, 0.25) is 0 Å². The fourth-order valence-corrected chi connectivity index (χ4v) is 3.46. The highest BCUT2D eigenvalue weighted by Gasteiger charge is 2.14. The summed E-state index contributed by atoms with van der Waals surface area (Å²) in [7, 11) is 1.53. The molecular weight excluding hydrogens is 428 g/mol. The van der Waals surface area contributed by atoms with Crippen LogP contribution in [0.25, 0.3) is 0 Å². The summed E-state index contributed by atoms with van der Waals surface area (Å²) in [6.45, 7) is 1.01. The lowest BCUT2D eigenvalue weighted by atomic mass is 10.1. The molecule has 0 amide bonds. The number of benzene rings is 3. The summed E-state index contributed by atoms with van der Waals surface area (Å²) in [5, 5.41) is 14.1. The average molecular weight is 450 g/mol. The molecule has 4 nitrogen and oxygen atoms in total. The van der Waals surface area contributed by atoms with Gasteiger partial charge in [0.05, 0.1) is 23.3 Å². The number of methoxy groups -OCH3 is 1. The molecule has 0 saturated carbocycles. The van der Waals surface area contributed by atoms with Gasteiger partial charge in [0.25, 0.3) is 0 Å². The standard InChI is InChI=1S/C23H22Cl2FNO3/c1-29-22-10-15(12-27-13-21(28)16-5-3-2-4-6-16)9-20(25)23(22)30-14-17-7-8-18(26)11-19(17)24/h2-11,21,27-28H,12-14H2,1H3. The van der Waals surface area contributed by atoms with Crippen LogP contribution < -0.4 is 14.8 Å². The number of hydrogen-bond donors (Lipinski definition) is 2. The van der Waals surface area contributed by atoms with Crippen molar-refractivity contribution in [1.82, 2.24) is 5.32 Å². The second kappa shape index (κ2) is 10.6. The Kier molecular flexibility index (Phi) is 7.94. The molecule has 0 aliphatic heterocycles. The van der Waals surface area contributed by atoms with Gasteiger partial charge in [-0.05, 0) is 35.4 Å². The molecule has 2 N–H and O–H groups in total. The van der Waals surface area contributed by atoms with Crippen molar-refractivity contribution in [2.45, 2.75) is 19.3 Å². The Morgan fingerprint density at radius 3 is 2.50 bits per heavy atom. The fourth-order valence-electron chi connectivity index (χ4n) is 2.95. The zero-order chi connectivity index (χ0) is 21.5. The van der Waals surface area contributed by atoms with Gasteiger partial charge in [0.15, 0.2) is 11.5 Å². The first-order chi connectivity index (χ1) is 14.5. The minimum atomic E-state index is -0.605. The van der Waals surface area contributed by atoms with E-state index in [-0.39, 0.29) is 11.6 Å². The summed E-state index contributed by atoms with van der Waals surface area (Å²) in [6.07, 6.45) is -0.605. The number of hydrogen-bond acceptors (Lipinski definition) is 4. The SMILES string of the molecule is COc1cc(CNCC(O)c2ccccc2)cc(Cl)c1OCc1ccc(F)cc1Cl. The van der Waals surface area contributed by atoms with E-state index >= 15 is 0 Å². The normalized spacial score (nSPS) is 11.9. The number of halogens is 3. The lowest BCUT2D eigenvalue weighted by molar-refractivity contribution is 0.174. The van der Waals surface area contributed by atoms with Gasteiger partial charge in [-0.15, -0.1) is 0 Å². The summed E-state index contributed by atoms with van der Waals surface area (Å²) in [4.78, 5) is 0. The van der Waals surface area contributed by atoms with Crippen molar-refractivity contribution in [3.05, 3.63) is 93.2 Å². The van der Waals surface area contributed by atoms with Crippen LogP contribution in [0, 0.1) is 5.82 Å². The number of aliphatic hydroxyl groups is 1. The van der Waals surface area contributed by atoms with E-state index in [4.69, 9.17) is 32.7 Å². The van der Waals surface area contributed by atoms with Gasteiger partial charge >= 0.3 is 0 Å². The van der Waals surface area contributed by atoms with Gasteiger partial charge < -0.3 is 19.9 Å². The van der Waals surface area contributed by atoms with Gasteiger partial charge in [-0.2, -0.15) is 0 Å².